The summed E-state index contributed by atoms with van der Waals surface area (Å²) in [5.41, 5.74) is 2.34. The lowest BCUT2D eigenvalue weighted by Gasteiger charge is -1.99. The minimum atomic E-state index is 1.14. The molecular formula is C10H10IN. The molecule has 0 aromatic heterocycles. The molecule has 0 bridgehead atoms. The Morgan fingerprint density at radius 3 is 2.50 bits per heavy atom. The van der Waals surface area contributed by atoms with Crippen LogP contribution in [-0.4, -0.2) is 6.72 Å². The van der Waals surface area contributed by atoms with Crippen LogP contribution < -0.4 is 0 Å². The summed E-state index contributed by atoms with van der Waals surface area (Å²) in [5, 5.41) is 0. The van der Waals surface area contributed by atoms with Gasteiger partial charge in [-0.3, -0.25) is 4.99 Å². The van der Waals surface area contributed by atoms with Crippen molar-refractivity contribution in [2.24, 2.45) is 4.99 Å². The summed E-state index contributed by atoms with van der Waals surface area (Å²) in [6, 6.07) is 8.32. The van der Waals surface area contributed by atoms with Gasteiger partial charge in [0.25, 0.3) is 0 Å². The van der Waals surface area contributed by atoms with Gasteiger partial charge in [0.2, 0.25) is 0 Å². The number of hydrogen-bond donors (Lipinski definition) is 0. The second-order valence-corrected chi connectivity index (χ2v) is 3.75. The van der Waals surface area contributed by atoms with Gasteiger partial charge < -0.3 is 0 Å². The SMILES string of the molecule is C=N/C=C(\C)c1ccc(I)cc1. The highest BCUT2D eigenvalue weighted by Gasteiger charge is 1.93. The number of benzene rings is 1. The van der Waals surface area contributed by atoms with Crippen molar-refractivity contribution in [3.05, 3.63) is 39.6 Å². The van der Waals surface area contributed by atoms with Crippen LogP contribution in [0.25, 0.3) is 5.57 Å². The molecule has 0 N–H and O–H groups in total. The van der Waals surface area contributed by atoms with Crippen molar-refractivity contribution in [1.82, 2.24) is 0 Å². The van der Waals surface area contributed by atoms with E-state index in [1.54, 1.807) is 6.20 Å². The maximum absolute atomic E-state index is 3.72. The van der Waals surface area contributed by atoms with E-state index in [1.807, 2.05) is 6.92 Å². The molecule has 12 heavy (non-hydrogen) atoms. The lowest BCUT2D eigenvalue weighted by atomic mass is 10.1. The van der Waals surface area contributed by atoms with Crippen LogP contribution in [0.1, 0.15) is 12.5 Å². The Hall–Kier alpha value is -0.640. The lowest BCUT2D eigenvalue weighted by molar-refractivity contribution is 1.50. The van der Waals surface area contributed by atoms with Gasteiger partial charge >= 0.3 is 0 Å². The third-order valence-electron chi connectivity index (χ3n) is 1.58. The van der Waals surface area contributed by atoms with E-state index in [4.69, 9.17) is 0 Å². The molecule has 0 saturated carbocycles. The van der Waals surface area contributed by atoms with Gasteiger partial charge in [-0.1, -0.05) is 12.1 Å². The number of aliphatic imine (C=N–C) groups is 1. The highest BCUT2D eigenvalue weighted by Crippen LogP contribution is 2.15. The van der Waals surface area contributed by atoms with Crippen molar-refractivity contribution >= 4 is 34.9 Å². The van der Waals surface area contributed by atoms with Crippen LogP contribution in [0.3, 0.4) is 0 Å². The largest absolute Gasteiger partial charge is 0.272 e. The van der Waals surface area contributed by atoms with Gasteiger partial charge in [-0.2, -0.15) is 0 Å². The smallest absolute Gasteiger partial charge is 0.0295 e. The molecule has 2 heteroatoms. The topological polar surface area (TPSA) is 12.4 Å². The van der Waals surface area contributed by atoms with Crippen molar-refractivity contribution < 1.29 is 0 Å². The van der Waals surface area contributed by atoms with Crippen LogP contribution in [0.15, 0.2) is 35.5 Å². The van der Waals surface area contributed by atoms with Gasteiger partial charge in [-0.05, 0) is 59.5 Å². The summed E-state index contributed by atoms with van der Waals surface area (Å²) in [7, 11) is 0. The average Bonchev–Trinajstić information content (AvgIpc) is 2.06. The lowest BCUT2D eigenvalue weighted by Crippen LogP contribution is -1.78. The molecule has 0 spiro atoms. The van der Waals surface area contributed by atoms with E-state index < -0.39 is 0 Å². The Morgan fingerprint density at radius 1 is 1.42 bits per heavy atom. The predicted molar refractivity (Wildman–Crippen MR) is 62.4 cm³/mol. The molecule has 0 amide bonds. The molecule has 0 atom stereocenters. The Balaban J connectivity index is 2.97. The third kappa shape index (κ3) is 2.44. The number of rotatable bonds is 2. The van der Waals surface area contributed by atoms with E-state index in [0.29, 0.717) is 0 Å². The molecular weight excluding hydrogens is 261 g/mol. The normalized spacial score (nSPS) is 11.3. The van der Waals surface area contributed by atoms with Crippen LogP contribution in [0.5, 0.6) is 0 Å². The second-order valence-electron chi connectivity index (χ2n) is 2.50. The van der Waals surface area contributed by atoms with E-state index in [9.17, 15) is 0 Å². The van der Waals surface area contributed by atoms with Crippen molar-refractivity contribution in [2.75, 3.05) is 0 Å². The molecule has 1 rings (SSSR count). The average molecular weight is 271 g/mol. The minimum Gasteiger partial charge on any atom is -0.272 e. The predicted octanol–water partition coefficient (Wildman–Crippen LogP) is 3.35. The van der Waals surface area contributed by atoms with Gasteiger partial charge in [-0.25, -0.2) is 0 Å². The number of hydrogen-bond acceptors (Lipinski definition) is 1. The van der Waals surface area contributed by atoms with Crippen molar-refractivity contribution in [1.29, 1.82) is 0 Å². The summed E-state index contributed by atoms with van der Waals surface area (Å²) in [5.74, 6) is 0. The standard InChI is InChI=1S/C10H10IN/c1-8(7-12-2)9-3-5-10(11)6-4-9/h3-7H,2H2,1H3/b8-7+. The van der Waals surface area contributed by atoms with Crippen LogP contribution in [0.4, 0.5) is 0 Å². The maximum atomic E-state index is 3.72. The molecule has 0 radical (unpaired) electrons. The molecule has 0 aliphatic rings. The first-order valence-electron chi connectivity index (χ1n) is 3.62. The number of allylic oxidation sites excluding steroid dienone is 1. The Morgan fingerprint density at radius 2 is 2.00 bits per heavy atom. The summed E-state index contributed by atoms with van der Waals surface area (Å²) in [4.78, 5) is 3.72. The fourth-order valence-corrected chi connectivity index (χ4v) is 1.28. The van der Waals surface area contributed by atoms with Gasteiger partial charge in [0, 0.05) is 9.77 Å². The van der Waals surface area contributed by atoms with E-state index in [2.05, 4.69) is 58.6 Å². The second kappa shape index (κ2) is 4.40. The molecule has 0 heterocycles. The Kier molecular flexibility index (Phi) is 3.47. The quantitative estimate of drug-likeness (QED) is 0.577. The molecule has 0 aliphatic heterocycles. The zero-order valence-electron chi connectivity index (χ0n) is 6.92. The van der Waals surface area contributed by atoms with Crippen molar-refractivity contribution in [3.8, 4) is 0 Å². The van der Waals surface area contributed by atoms with Gasteiger partial charge in [0.1, 0.15) is 0 Å². The van der Waals surface area contributed by atoms with E-state index in [0.717, 1.165) is 5.57 Å². The summed E-state index contributed by atoms with van der Waals surface area (Å²) in [6.07, 6.45) is 1.77. The van der Waals surface area contributed by atoms with E-state index in [-0.39, 0.29) is 0 Å². The molecule has 1 aromatic rings. The third-order valence-corrected chi connectivity index (χ3v) is 2.30. The zero-order valence-corrected chi connectivity index (χ0v) is 9.08. The van der Waals surface area contributed by atoms with Crippen molar-refractivity contribution in [2.45, 2.75) is 6.92 Å². The fourth-order valence-electron chi connectivity index (χ4n) is 0.924. The molecule has 0 aliphatic carbocycles. The van der Waals surface area contributed by atoms with Crippen LogP contribution in [-0.2, 0) is 0 Å². The summed E-state index contributed by atoms with van der Waals surface area (Å²) >= 11 is 2.29. The first-order valence-corrected chi connectivity index (χ1v) is 4.70. The highest BCUT2D eigenvalue weighted by molar-refractivity contribution is 14.1. The first-order chi connectivity index (χ1) is 5.74. The van der Waals surface area contributed by atoms with E-state index in [1.165, 1.54) is 9.13 Å². The summed E-state index contributed by atoms with van der Waals surface area (Å²) < 4.78 is 1.25. The van der Waals surface area contributed by atoms with Gasteiger partial charge in [0.15, 0.2) is 0 Å². The Labute approximate surface area is 86.4 Å². The molecule has 62 valence electrons. The number of halogens is 1. The zero-order chi connectivity index (χ0) is 8.97. The molecule has 1 nitrogen and oxygen atoms in total. The van der Waals surface area contributed by atoms with Gasteiger partial charge in [0.05, 0.1) is 0 Å². The summed E-state index contributed by atoms with van der Waals surface area (Å²) in [6.45, 7) is 5.44. The maximum Gasteiger partial charge on any atom is 0.0295 e. The first kappa shape index (κ1) is 9.45. The van der Waals surface area contributed by atoms with Crippen LogP contribution in [0, 0.1) is 3.57 Å². The Bertz CT molecular complexity index is 298. The molecule has 0 unspecified atom stereocenters. The van der Waals surface area contributed by atoms with Crippen molar-refractivity contribution in [3.63, 3.8) is 0 Å². The molecule has 0 saturated heterocycles. The van der Waals surface area contributed by atoms with E-state index >= 15 is 0 Å². The van der Waals surface area contributed by atoms with Crippen LogP contribution in [0.2, 0.25) is 0 Å². The molecule has 1 aromatic carbocycles. The van der Waals surface area contributed by atoms with Gasteiger partial charge in [-0.15, -0.1) is 0 Å². The number of nitrogens with zero attached hydrogens (tertiary/aromatic N) is 1. The molecule has 0 fully saturated rings. The minimum absolute atomic E-state index is 1.14. The fraction of sp³-hybridized carbons (Fsp3) is 0.100. The van der Waals surface area contributed by atoms with Crippen LogP contribution >= 0.6 is 22.6 Å². The highest BCUT2D eigenvalue weighted by atomic mass is 127. The monoisotopic (exact) mass is 271 g/mol.